The second-order valence-corrected chi connectivity index (χ2v) is 9.59. The van der Waals surface area contributed by atoms with E-state index in [9.17, 15) is 9.59 Å². The predicted octanol–water partition coefficient (Wildman–Crippen LogP) is 3.44. The van der Waals surface area contributed by atoms with Crippen molar-refractivity contribution in [1.82, 2.24) is 4.90 Å². The molecule has 1 amide bonds. The van der Waals surface area contributed by atoms with Gasteiger partial charge in [-0.2, -0.15) is 0 Å². The number of benzene rings is 1. The van der Waals surface area contributed by atoms with Crippen molar-refractivity contribution < 1.29 is 19.1 Å². The van der Waals surface area contributed by atoms with E-state index in [0.29, 0.717) is 13.1 Å². The summed E-state index contributed by atoms with van der Waals surface area (Å²) in [4.78, 5) is 30.8. The standard InChI is InChI=1S/C23H35N3O4/c1-16-13-18(24(5)6)7-8-20(16)26-15-19(29-22(26)28)14-25-11-9-17(10-12-25)21(27)30-23(2,3)4/h7-8,13,17,19H,9-12,14-15H2,1-6H3. The number of cyclic esters (lactones) is 1. The van der Waals surface area contributed by atoms with Gasteiger partial charge in [0.15, 0.2) is 0 Å². The van der Waals surface area contributed by atoms with E-state index in [4.69, 9.17) is 9.47 Å². The number of likely N-dealkylation sites (tertiary alicyclic amines) is 1. The molecular weight excluding hydrogens is 382 g/mol. The fourth-order valence-corrected chi connectivity index (χ4v) is 4.06. The van der Waals surface area contributed by atoms with Crippen LogP contribution in [0.5, 0.6) is 0 Å². The van der Waals surface area contributed by atoms with Crippen LogP contribution in [0.3, 0.4) is 0 Å². The van der Waals surface area contributed by atoms with Crippen molar-refractivity contribution in [3.63, 3.8) is 0 Å². The lowest BCUT2D eigenvalue weighted by Gasteiger charge is -2.33. The molecule has 1 aromatic carbocycles. The van der Waals surface area contributed by atoms with Gasteiger partial charge in [-0.3, -0.25) is 14.6 Å². The van der Waals surface area contributed by atoms with Gasteiger partial charge in [0.25, 0.3) is 0 Å². The second-order valence-electron chi connectivity index (χ2n) is 9.59. The summed E-state index contributed by atoms with van der Waals surface area (Å²) in [5.41, 5.74) is 2.61. The number of rotatable bonds is 5. The smallest absolute Gasteiger partial charge is 0.414 e. The van der Waals surface area contributed by atoms with Crippen molar-refractivity contribution in [2.75, 3.05) is 50.1 Å². The van der Waals surface area contributed by atoms with Crippen molar-refractivity contribution in [1.29, 1.82) is 0 Å². The highest BCUT2D eigenvalue weighted by Gasteiger charge is 2.36. The topological polar surface area (TPSA) is 62.3 Å². The second kappa shape index (κ2) is 8.84. The molecule has 1 aromatic rings. The molecule has 0 aromatic heterocycles. The summed E-state index contributed by atoms with van der Waals surface area (Å²) < 4.78 is 11.2. The predicted molar refractivity (Wildman–Crippen MR) is 118 cm³/mol. The van der Waals surface area contributed by atoms with Crippen LogP contribution in [-0.2, 0) is 14.3 Å². The third-order valence-corrected chi connectivity index (χ3v) is 5.65. The summed E-state index contributed by atoms with van der Waals surface area (Å²) in [5, 5.41) is 0. The lowest BCUT2D eigenvalue weighted by Crippen LogP contribution is -2.42. The Bertz CT molecular complexity index is 779. The van der Waals surface area contributed by atoms with Crippen LogP contribution < -0.4 is 9.80 Å². The molecule has 166 valence electrons. The highest BCUT2D eigenvalue weighted by Crippen LogP contribution is 2.29. The monoisotopic (exact) mass is 417 g/mol. The van der Waals surface area contributed by atoms with E-state index in [-0.39, 0.29) is 24.1 Å². The number of amides is 1. The van der Waals surface area contributed by atoms with E-state index in [1.54, 1.807) is 4.90 Å². The molecule has 1 atom stereocenters. The van der Waals surface area contributed by atoms with Crippen LogP contribution in [0.25, 0.3) is 0 Å². The van der Waals surface area contributed by atoms with E-state index < -0.39 is 5.60 Å². The van der Waals surface area contributed by atoms with Gasteiger partial charge >= 0.3 is 12.1 Å². The van der Waals surface area contributed by atoms with Gasteiger partial charge in [-0.15, -0.1) is 0 Å². The zero-order valence-electron chi connectivity index (χ0n) is 19.1. The number of nitrogens with zero attached hydrogens (tertiary/aromatic N) is 3. The molecule has 2 fully saturated rings. The van der Waals surface area contributed by atoms with Crippen molar-refractivity contribution in [3.8, 4) is 0 Å². The van der Waals surface area contributed by atoms with Gasteiger partial charge in [0.1, 0.15) is 11.7 Å². The van der Waals surface area contributed by atoms with Gasteiger partial charge in [0.2, 0.25) is 0 Å². The normalized spacial score (nSPS) is 20.9. The number of hydrogen-bond donors (Lipinski definition) is 0. The Morgan fingerprint density at radius 2 is 1.90 bits per heavy atom. The summed E-state index contributed by atoms with van der Waals surface area (Å²) in [6.45, 7) is 10.6. The highest BCUT2D eigenvalue weighted by atomic mass is 16.6. The molecule has 7 nitrogen and oxygen atoms in total. The minimum Gasteiger partial charge on any atom is -0.460 e. The van der Waals surface area contributed by atoms with Crippen LogP contribution in [-0.4, -0.2) is 68.9 Å². The van der Waals surface area contributed by atoms with E-state index >= 15 is 0 Å². The van der Waals surface area contributed by atoms with Crippen molar-refractivity contribution >= 4 is 23.4 Å². The molecule has 2 heterocycles. The van der Waals surface area contributed by atoms with E-state index in [1.807, 2.05) is 58.8 Å². The molecule has 0 saturated carbocycles. The first-order valence-electron chi connectivity index (χ1n) is 10.7. The molecule has 2 aliphatic rings. The molecular formula is C23H35N3O4. The number of carbonyl (C=O) groups excluding carboxylic acids is 2. The summed E-state index contributed by atoms with van der Waals surface area (Å²) >= 11 is 0. The number of esters is 1. The molecule has 0 radical (unpaired) electrons. The molecule has 0 N–H and O–H groups in total. The van der Waals surface area contributed by atoms with E-state index in [0.717, 1.165) is 42.9 Å². The maximum absolute atomic E-state index is 12.5. The number of ether oxygens (including phenoxy) is 2. The SMILES string of the molecule is Cc1cc(N(C)C)ccc1N1CC(CN2CCC(C(=O)OC(C)(C)C)CC2)OC1=O. The van der Waals surface area contributed by atoms with E-state index in [1.165, 1.54) is 0 Å². The average molecular weight is 418 g/mol. The van der Waals surface area contributed by atoms with Crippen LogP contribution in [0.15, 0.2) is 18.2 Å². The number of piperidine rings is 1. The zero-order valence-corrected chi connectivity index (χ0v) is 19.1. The van der Waals surface area contributed by atoms with Crippen LogP contribution >= 0.6 is 0 Å². The Morgan fingerprint density at radius 1 is 1.23 bits per heavy atom. The number of hydrogen-bond acceptors (Lipinski definition) is 6. The molecule has 3 rings (SSSR count). The summed E-state index contributed by atoms with van der Waals surface area (Å²) in [7, 11) is 4.00. The third kappa shape index (κ3) is 5.45. The Labute approximate surface area is 179 Å². The summed E-state index contributed by atoms with van der Waals surface area (Å²) in [6.07, 6.45) is 1.11. The van der Waals surface area contributed by atoms with Crippen molar-refractivity contribution in [3.05, 3.63) is 23.8 Å². The quantitative estimate of drug-likeness (QED) is 0.684. The highest BCUT2D eigenvalue weighted by molar-refractivity contribution is 5.91. The first-order chi connectivity index (χ1) is 14.0. The Kier molecular flexibility index (Phi) is 6.60. The molecule has 1 unspecified atom stereocenters. The molecule has 2 saturated heterocycles. The van der Waals surface area contributed by atoms with Crippen molar-refractivity contribution in [2.24, 2.45) is 5.92 Å². The van der Waals surface area contributed by atoms with Crippen LogP contribution in [0, 0.1) is 12.8 Å². The maximum Gasteiger partial charge on any atom is 0.414 e. The first kappa shape index (κ1) is 22.4. The molecule has 30 heavy (non-hydrogen) atoms. The zero-order chi connectivity index (χ0) is 22.1. The minimum absolute atomic E-state index is 0.0408. The molecule has 0 bridgehead atoms. The van der Waals surface area contributed by atoms with Crippen LogP contribution in [0.1, 0.15) is 39.2 Å². The lowest BCUT2D eigenvalue weighted by molar-refractivity contribution is -0.161. The fraction of sp³-hybridized carbons (Fsp3) is 0.652. The molecule has 0 spiro atoms. The van der Waals surface area contributed by atoms with Crippen molar-refractivity contribution in [2.45, 2.75) is 52.2 Å². The van der Waals surface area contributed by atoms with Gasteiger partial charge < -0.3 is 14.4 Å². The summed E-state index contributed by atoms with van der Waals surface area (Å²) in [6, 6.07) is 6.09. The van der Waals surface area contributed by atoms with Gasteiger partial charge in [-0.25, -0.2) is 4.79 Å². The molecule has 2 aliphatic heterocycles. The Morgan fingerprint density at radius 3 is 2.47 bits per heavy atom. The average Bonchev–Trinajstić information content (AvgIpc) is 3.00. The molecule has 0 aliphatic carbocycles. The summed E-state index contributed by atoms with van der Waals surface area (Å²) in [5.74, 6) is -0.141. The van der Waals surface area contributed by atoms with Gasteiger partial charge in [0.05, 0.1) is 18.2 Å². The lowest BCUT2D eigenvalue weighted by atomic mass is 9.96. The third-order valence-electron chi connectivity index (χ3n) is 5.65. The Hall–Kier alpha value is -2.28. The van der Waals surface area contributed by atoms with Crippen LogP contribution in [0.2, 0.25) is 0 Å². The maximum atomic E-state index is 12.5. The molecule has 7 heteroatoms. The van der Waals surface area contributed by atoms with Gasteiger partial charge in [0, 0.05) is 26.3 Å². The van der Waals surface area contributed by atoms with E-state index in [2.05, 4.69) is 11.0 Å². The van der Waals surface area contributed by atoms with Crippen LogP contribution in [0.4, 0.5) is 16.2 Å². The Balaban J connectivity index is 1.53. The van der Waals surface area contributed by atoms with Gasteiger partial charge in [-0.1, -0.05) is 0 Å². The first-order valence-corrected chi connectivity index (χ1v) is 10.7. The minimum atomic E-state index is -0.446. The largest absolute Gasteiger partial charge is 0.460 e. The number of anilines is 2. The number of aryl methyl sites for hydroxylation is 1. The number of carbonyl (C=O) groups is 2. The fourth-order valence-electron chi connectivity index (χ4n) is 4.06. The van der Waals surface area contributed by atoms with Gasteiger partial charge in [-0.05, 0) is 77.4 Å².